The smallest absolute Gasteiger partial charge is 0.320 e. The van der Waals surface area contributed by atoms with Gasteiger partial charge in [0.25, 0.3) is 5.66 Å². The van der Waals surface area contributed by atoms with Gasteiger partial charge in [-0.2, -0.15) is 0 Å². The van der Waals surface area contributed by atoms with Gasteiger partial charge in [0.2, 0.25) is 5.91 Å². The summed E-state index contributed by atoms with van der Waals surface area (Å²) in [5.74, 6) is -0.585. The molecule has 2 aliphatic heterocycles. The van der Waals surface area contributed by atoms with Gasteiger partial charge in [0.05, 0.1) is 19.5 Å². The van der Waals surface area contributed by atoms with Crippen LogP contribution in [0.5, 0.6) is 0 Å². The van der Waals surface area contributed by atoms with Crippen LogP contribution in [-0.2, 0) is 14.4 Å². The predicted octanol–water partition coefficient (Wildman–Crippen LogP) is 6.21. The molecule has 1 N–H and O–H groups in total. The summed E-state index contributed by atoms with van der Waals surface area (Å²) in [5, 5.41) is 3.61. The van der Waals surface area contributed by atoms with Gasteiger partial charge in [0.1, 0.15) is 0 Å². The maximum absolute atomic E-state index is 15.3. The fourth-order valence-electron chi connectivity index (χ4n) is 8.03. The summed E-state index contributed by atoms with van der Waals surface area (Å²) in [7, 11) is 3.59. The summed E-state index contributed by atoms with van der Waals surface area (Å²) < 4.78 is -0.0822. The lowest BCUT2D eigenvalue weighted by Gasteiger charge is -2.54. The second kappa shape index (κ2) is 11.8. The molecule has 43 heavy (non-hydrogen) atoms. The number of carbonyl (C=O) groups excluding carboxylic acids is 3. The van der Waals surface area contributed by atoms with E-state index in [2.05, 4.69) is 44.8 Å². The average molecular weight is 616 g/mol. The third kappa shape index (κ3) is 6.15. The Bertz CT molecular complexity index is 1210. The van der Waals surface area contributed by atoms with Crippen molar-refractivity contribution >= 4 is 29.3 Å². The fourth-order valence-corrected chi connectivity index (χ4v) is 8.15. The molecule has 0 radical (unpaired) electrons. The van der Waals surface area contributed by atoms with Gasteiger partial charge < -0.3 is 5.32 Å². The van der Waals surface area contributed by atoms with Gasteiger partial charge in [-0.3, -0.25) is 19.4 Å². The average Bonchev–Trinajstić information content (AvgIpc) is 3.52. The maximum atomic E-state index is 15.3. The van der Waals surface area contributed by atoms with E-state index < -0.39 is 11.1 Å². The molecule has 1 unspecified atom stereocenters. The lowest BCUT2D eigenvalue weighted by atomic mass is 9.74. The lowest BCUT2D eigenvalue weighted by molar-refractivity contribution is -0.878. The Hall–Kier alpha value is -1.96. The molecule has 0 bridgehead atoms. The number of amides is 3. The van der Waals surface area contributed by atoms with E-state index in [0.717, 1.165) is 37.8 Å². The molecule has 7 nitrogen and oxygen atoms in total. The predicted molar refractivity (Wildman–Crippen MR) is 173 cm³/mol. The SMILES string of the molecule is CNC(=O)[C@]1(N(C(=O)C(C)(C)C)C2CCC(C)(C)CC2)CCC[N+]1(C)C(=O)[C@@H]1CN(C(C)(C)C)C[C@H]1c1ccc(Cl)cc1. The van der Waals surface area contributed by atoms with Gasteiger partial charge in [0.15, 0.2) is 0 Å². The van der Waals surface area contributed by atoms with E-state index in [-0.39, 0.29) is 51.0 Å². The largest absolute Gasteiger partial charge is 0.352 e. The molecular formula is C35H56ClN4O3+. The Balaban J connectivity index is 1.86. The highest BCUT2D eigenvalue weighted by atomic mass is 35.5. The van der Waals surface area contributed by atoms with Crippen LogP contribution in [0.15, 0.2) is 24.3 Å². The first-order valence-corrected chi connectivity index (χ1v) is 16.6. The van der Waals surface area contributed by atoms with Crippen LogP contribution in [0.25, 0.3) is 0 Å². The van der Waals surface area contributed by atoms with Crippen LogP contribution in [0.4, 0.5) is 0 Å². The Morgan fingerprint density at radius 1 is 0.977 bits per heavy atom. The highest BCUT2D eigenvalue weighted by Crippen LogP contribution is 2.49. The van der Waals surface area contributed by atoms with Gasteiger partial charge >= 0.3 is 11.8 Å². The Labute approximate surface area is 265 Å². The monoisotopic (exact) mass is 615 g/mol. The molecule has 3 amide bonds. The Kier molecular flexibility index (Phi) is 9.28. The highest BCUT2D eigenvalue weighted by Gasteiger charge is 2.69. The topological polar surface area (TPSA) is 69.7 Å². The molecule has 1 saturated carbocycles. The molecule has 4 rings (SSSR count). The third-order valence-electron chi connectivity index (χ3n) is 10.8. The molecule has 1 aromatic rings. The van der Waals surface area contributed by atoms with Crippen LogP contribution < -0.4 is 5.32 Å². The van der Waals surface area contributed by atoms with Gasteiger partial charge in [-0.15, -0.1) is 0 Å². The molecule has 1 aromatic carbocycles. The minimum atomic E-state index is -1.30. The van der Waals surface area contributed by atoms with Crippen molar-refractivity contribution < 1.29 is 18.9 Å². The fraction of sp³-hybridized carbons (Fsp3) is 0.743. The summed E-state index contributed by atoms with van der Waals surface area (Å²) in [6.07, 6.45) is 4.79. The first-order valence-electron chi connectivity index (χ1n) is 16.2. The van der Waals surface area contributed by atoms with Crippen LogP contribution in [0, 0.1) is 16.7 Å². The van der Waals surface area contributed by atoms with Crippen LogP contribution in [0.3, 0.4) is 0 Å². The summed E-state index contributed by atoms with van der Waals surface area (Å²) >= 11 is 6.26. The van der Waals surface area contributed by atoms with E-state index in [9.17, 15) is 9.59 Å². The number of rotatable bonds is 5. The van der Waals surface area contributed by atoms with Gasteiger partial charge in [-0.25, -0.2) is 9.28 Å². The van der Waals surface area contributed by atoms with E-state index in [1.54, 1.807) is 7.05 Å². The highest BCUT2D eigenvalue weighted by molar-refractivity contribution is 6.30. The van der Waals surface area contributed by atoms with Crippen molar-refractivity contribution in [2.24, 2.45) is 16.7 Å². The van der Waals surface area contributed by atoms with Crippen LogP contribution in [0.2, 0.25) is 5.02 Å². The molecule has 2 saturated heterocycles. The van der Waals surface area contributed by atoms with Crippen molar-refractivity contribution in [1.82, 2.24) is 15.1 Å². The first kappa shape index (κ1) is 33.9. The number of quaternary nitrogens is 1. The van der Waals surface area contributed by atoms with E-state index >= 15 is 4.79 Å². The quantitative estimate of drug-likeness (QED) is 0.400. The molecule has 3 aliphatic rings. The Morgan fingerprint density at radius 2 is 1.56 bits per heavy atom. The van der Waals surface area contributed by atoms with Crippen LogP contribution in [-0.4, -0.2) is 83.0 Å². The third-order valence-corrected chi connectivity index (χ3v) is 11.1. The van der Waals surface area contributed by atoms with E-state index in [1.807, 2.05) is 57.0 Å². The normalized spacial score (nSPS) is 30.3. The summed E-state index contributed by atoms with van der Waals surface area (Å²) in [6, 6.07) is 7.77. The lowest BCUT2D eigenvalue weighted by Crippen LogP contribution is -2.78. The molecule has 0 spiro atoms. The van der Waals surface area contributed by atoms with Crippen molar-refractivity contribution in [1.29, 1.82) is 0 Å². The number of nitrogens with zero attached hydrogens (tertiary/aromatic N) is 3. The van der Waals surface area contributed by atoms with E-state index in [0.29, 0.717) is 31.0 Å². The zero-order valence-electron chi connectivity index (χ0n) is 28.3. The summed E-state index contributed by atoms with van der Waals surface area (Å²) in [6.45, 7) is 18.8. The molecule has 3 fully saturated rings. The standard InChI is InChI=1S/C35H55ClN4O3/c1-32(2,3)31(43)39(26-16-19-34(7,8)20-17-26)35(30(42)37-9)18-11-21-40(35,10)29(41)28-23-38(33(4,5)6)22-27(28)24-12-14-25(36)15-13-24/h12-15,26-28H,11,16-23H2,1-10H3/p+1/t27-,28+,35-,40?/m0/s1. The number of nitrogens with one attached hydrogen (secondary N) is 1. The van der Waals surface area contributed by atoms with Crippen molar-refractivity contribution in [2.75, 3.05) is 33.7 Å². The van der Waals surface area contributed by atoms with Crippen molar-refractivity contribution in [3.63, 3.8) is 0 Å². The van der Waals surface area contributed by atoms with Gasteiger partial charge in [-0.1, -0.05) is 58.4 Å². The van der Waals surface area contributed by atoms with Gasteiger partial charge in [-0.05, 0) is 69.6 Å². The van der Waals surface area contributed by atoms with Crippen LogP contribution in [0.1, 0.15) is 105 Å². The minimum Gasteiger partial charge on any atom is -0.352 e. The number of hydrogen-bond acceptors (Lipinski definition) is 4. The number of halogens is 1. The first-order chi connectivity index (χ1) is 19.8. The molecule has 2 heterocycles. The molecule has 8 heteroatoms. The molecular weight excluding hydrogens is 560 g/mol. The molecule has 0 aromatic heterocycles. The number of carbonyl (C=O) groups is 3. The number of likely N-dealkylation sites (tertiary alicyclic amines) is 2. The van der Waals surface area contributed by atoms with E-state index in [4.69, 9.17) is 11.6 Å². The number of likely N-dealkylation sites (N-methyl/N-ethyl adjacent to an activating group) is 2. The van der Waals surface area contributed by atoms with E-state index in [1.165, 1.54) is 0 Å². The molecule has 240 valence electrons. The van der Waals surface area contributed by atoms with Crippen molar-refractivity contribution in [3.8, 4) is 0 Å². The second-order valence-corrected chi connectivity index (χ2v) is 16.8. The number of hydrogen-bond donors (Lipinski definition) is 1. The zero-order valence-corrected chi connectivity index (χ0v) is 29.1. The molecule has 4 atom stereocenters. The van der Waals surface area contributed by atoms with Gasteiger partial charge in [0, 0.05) is 60.9 Å². The van der Waals surface area contributed by atoms with Crippen molar-refractivity contribution in [3.05, 3.63) is 34.9 Å². The summed E-state index contributed by atoms with van der Waals surface area (Å²) in [5.41, 5.74) is -0.843. The maximum Gasteiger partial charge on any atom is 0.320 e. The molecule has 1 aliphatic carbocycles. The number of benzene rings is 1. The zero-order chi connectivity index (χ0) is 32.2. The Morgan fingerprint density at radius 3 is 2.07 bits per heavy atom. The van der Waals surface area contributed by atoms with Crippen LogP contribution >= 0.6 is 11.6 Å². The minimum absolute atomic E-state index is 0.0378. The second-order valence-electron chi connectivity index (χ2n) is 16.4. The van der Waals surface area contributed by atoms with Crippen molar-refractivity contribution in [2.45, 2.75) is 117 Å². The summed E-state index contributed by atoms with van der Waals surface area (Å²) in [4.78, 5) is 48.6.